The lowest BCUT2D eigenvalue weighted by atomic mass is 10.2. The first-order chi connectivity index (χ1) is 10.8. The summed E-state index contributed by atoms with van der Waals surface area (Å²) < 4.78 is 5.60. The van der Waals surface area contributed by atoms with E-state index >= 15 is 0 Å². The second kappa shape index (κ2) is 6.76. The van der Waals surface area contributed by atoms with Crippen LogP contribution in [0.2, 0.25) is 0 Å². The SMILES string of the molecule is CCCOc1cccc(/C=N\Nc2nc3ccccc3[nH]2)c1. The minimum Gasteiger partial charge on any atom is -0.494 e. The minimum absolute atomic E-state index is 0.621. The van der Waals surface area contributed by atoms with Crippen LogP contribution in [0.25, 0.3) is 11.0 Å². The van der Waals surface area contributed by atoms with Crippen molar-refractivity contribution in [2.75, 3.05) is 12.0 Å². The molecule has 1 heterocycles. The van der Waals surface area contributed by atoms with E-state index in [2.05, 4.69) is 27.4 Å². The zero-order chi connectivity index (χ0) is 15.2. The van der Waals surface area contributed by atoms with Crippen LogP contribution < -0.4 is 10.2 Å². The molecule has 0 unspecified atom stereocenters. The Balaban J connectivity index is 1.66. The second-order valence-electron chi connectivity index (χ2n) is 4.89. The Morgan fingerprint density at radius 3 is 3.00 bits per heavy atom. The third-order valence-electron chi connectivity index (χ3n) is 3.10. The van der Waals surface area contributed by atoms with Crippen LogP contribution >= 0.6 is 0 Å². The van der Waals surface area contributed by atoms with Crippen LogP contribution in [-0.2, 0) is 0 Å². The number of anilines is 1. The molecule has 0 aliphatic heterocycles. The van der Waals surface area contributed by atoms with Crippen LogP contribution in [-0.4, -0.2) is 22.8 Å². The first-order valence-corrected chi connectivity index (χ1v) is 7.32. The fraction of sp³-hybridized carbons (Fsp3) is 0.176. The Morgan fingerprint density at radius 2 is 2.14 bits per heavy atom. The van der Waals surface area contributed by atoms with Crippen LogP contribution in [0.4, 0.5) is 5.95 Å². The number of H-pyrrole nitrogens is 1. The summed E-state index contributed by atoms with van der Waals surface area (Å²) in [7, 11) is 0. The van der Waals surface area contributed by atoms with Gasteiger partial charge in [-0.15, -0.1) is 0 Å². The molecule has 0 amide bonds. The molecule has 2 aromatic carbocycles. The predicted molar refractivity (Wildman–Crippen MR) is 89.5 cm³/mol. The number of hydrogen-bond acceptors (Lipinski definition) is 4. The molecule has 0 radical (unpaired) electrons. The summed E-state index contributed by atoms with van der Waals surface area (Å²) in [5.74, 6) is 1.48. The number of nitrogens with one attached hydrogen (secondary N) is 2. The van der Waals surface area contributed by atoms with E-state index in [0.717, 1.165) is 35.4 Å². The molecular weight excluding hydrogens is 276 g/mol. The van der Waals surface area contributed by atoms with E-state index in [9.17, 15) is 0 Å². The van der Waals surface area contributed by atoms with Gasteiger partial charge in [0.2, 0.25) is 5.95 Å². The lowest BCUT2D eigenvalue weighted by Crippen LogP contribution is -1.96. The Labute approximate surface area is 129 Å². The van der Waals surface area contributed by atoms with E-state index in [-0.39, 0.29) is 0 Å². The van der Waals surface area contributed by atoms with Gasteiger partial charge in [0.05, 0.1) is 23.9 Å². The number of aromatic amines is 1. The Bertz CT molecular complexity index is 746. The molecule has 0 saturated heterocycles. The smallest absolute Gasteiger partial charge is 0.222 e. The van der Waals surface area contributed by atoms with Gasteiger partial charge in [0.15, 0.2) is 0 Å². The Morgan fingerprint density at radius 1 is 1.23 bits per heavy atom. The van der Waals surface area contributed by atoms with E-state index in [1.807, 2.05) is 48.5 Å². The highest BCUT2D eigenvalue weighted by atomic mass is 16.5. The van der Waals surface area contributed by atoms with Crippen LogP contribution in [0.15, 0.2) is 53.6 Å². The number of para-hydroxylation sites is 2. The molecule has 0 spiro atoms. The van der Waals surface area contributed by atoms with Gasteiger partial charge < -0.3 is 9.72 Å². The van der Waals surface area contributed by atoms with Gasteiger partial charge in [0.1, 0.15) is 5.75 Å². The van der Waals surface area contributed by atoms with Gasteiger partial charge in [-0.25, -0.2) is 10.4 Å². The van der Waals surface area contributed by atoms with Gasteiger partial charge in [-0.2, -0.15) is 5.10 Å². The van der Waals surface area contributed by atoms with E-state index in [1.165, 1.54) is 0 Å². The number of rotatable bonds is 6. The summed E-state index contributed by atoms with van der Waals surface area (Å²) in [4.78, 5) is 7.56. The summed E-state index contributed by atoms with van der Waals surface area (Å²) in [6.07, 6.45) is 2.73. The van der Waals surface area contributed by atoms with Gasteiger partial charge in [0.25, 0.3) is 0 Å². The number of nitrogens with zero attached hydrogens (tertiary/aromatic N) is 2. The maximum atomic E-state index is 5.60. The average molecular weight is 294 g/mol. The summed E-state index contributed by atoms with van der Waals surface area (Å²) in [5, 5.41) is 4.20. The molecule has 22 heavy (non-hydrogen) atoms. The summed E-state index contributed by atoms with van der Waals surface area (Å²) >= 11 is 0. The van der Waals surface area contributed by atoms with Crippen molar-refractivity contribution in [3.63, 3.8) is 0 Å². The average Bonchev–Trinajstić information content (AvgIpc) is 2.96. The van der Waals surface area contributed by atoms with Crippen molar-refractivity contribution in [2.24, 2.45) is 5.10 Å². The number of imidazole rings is 1. The monoisotopic (exact) mass is 294 g/mol. The van der Waals surface area contributed by atoms with Crippen molar-refractivity contribution in [2.45, 2.75) is 13.3 Å². The number of aromatic nitrogens is 2. The lowest BCUT2D eigenvalue weighted by Gasteiger charge is -2.04. The second-order valence-corrected chi connectivity index (χ2v) is 4.89. The third-order valence-corrected chi connectivity index (χ3v) is 3.10. The molecule has 5 nitrogen and oxygen atoms in total. The molecule has 5 heteroatoms. The summed E-state index contributed by atoms with van der Waals surface area (Å²) in [5.41, 5.74) is 5.77. The zero-order valence-electron chi connectivity index (χ0n) is 12.4. The van der Waals surface area contributed by atoms with Crippen molar-refractivity contribution < 1.29 is 4.74 Å². The number of benzene rings is 2. The largest absolute Gasteiger partial charge is 0.494 e. The van der Waals surface area contributed by atoms with Crippen molar-refractivity contribution >= 4 is 23.2 Å². The molecule has 0 bridgehead atoms. The molecule has 0 atom stereocenters. The molecule has 0 aliphatic rings. The van der Waals surface area contributed by atoms with Crippen LogP contribution in [0, 0.1) is 0 Å². The molecule has 3 aromatic rings. The molecule has 1 aromatic heterocycles. The molecule has 112 valence electrons. The Kier molecular flexibility index (Phi) is 4.34. The molecular formula is C17H18N4O. The highest BCUT2D eigenvalue weighted by Gasteiger charge is 1.99. The predicted octanol–water partition coefficient (Wildman–Crippen LogP) is 3.80. The van der Waals surface area contributed by atoms with Gasteiger partial charge >= 0.3 is 0 Å². The molecule has 0 fully saturated rings. The van der Waals surface area contributed by atoms with E-state index in [1.54, 1.807) is 6.21 Å². The first kappa shape index (κ1) is 14.1. The highest BCUT2D eigenvalue weighted by Crippen LogP contribution is 2.14. The van der Waals surface area contributed by atoms with Crippen molar-refractivity contribution in [1.29, 1.82) is 0 Å². The fourth-order valence-corrected chi connectivity index (χ4v) is 2.08. The topological polar surface area (TPSA) is 62.3 Å². The molecule has 0 aliphatic carbocycles. The van der Waals surface area contributed by atoms with Crippen molar-refractivity contribution in [3.8, 4) is 5.75 Å². The van der Waals surface area contributed by atoms with E-state index < -0.39 is 0 Å². The van der Waals surface area contributed by atoms with Gasteiger partial charge in [-0.3, -0.25) is 0 Å². The Hall–Kier alpha value is -2.82. The van der Waals surface area contributed by atoms with Gasteiger partial charge in [-0.05, 0) is 36.2 Å². The first-order valence-electron chi connectivity index (χ1n) is 7.32. The van der Waals surface area contributed by atoms with Crippen molar-refractivity contribution in [3.05, 3.63) is 54.1 Å². The summed E-state index contributed by atoms with van der Waals surface area (Å²) in [6, 6.07) is 15.7. The number of ether oxygens (including phenoxy) is 1. The lowest BCUT2D eigenvalue weighted by molar-refractivity contribution is 0.317. The minimum atomic E-state index is 0.621. The molecule has 0 saturated carbocycles. The third kappa shape index (κ3) is 3.44. The quantitative estimate of drug-likeness (QED) is 0.537. The van der Waals surface area contributed by atoms with Crippen LogP contribution in [0.3, 0.4) is 0 Å². The number of hydrogen-bond donors (Lipinski definition) is 2. The summed E-state index contributed by atoms with van der Waals surface area (Å²) in [6.45, 7) is 2.81. The molecule has 2 N–H and O–H groups in total. The van der Waals surface area contributed by atoms with Crippen molar-refractivity contribution in [1.82, 2.24) is 9.97 Å². The number of fused-ring (bicyclic) bond motifs is 1. The number of hydrazone groups is 1. The van der Waals surface area contributed by atoms with Crippen LogP contribution in [0.1, 0.15) is 18.9 Å². The normalized spacial score (nSPS) is 11.1. The van der Waals surface area contributed by atoms with Gasteiger partial charge in [-0.1, -0.05) is 31.2 Å². The van der Waals surface area contributed by atoms with E-state index in [0.29, 0.717) is 5.95 Å². The highest BCUT2D eigenvalue weighted by molar-refractivity contribution is 5.81. The maximum absolute atomic E-state index is 5.60. The van der Waals surface area contributed by atoms with E-state index in [4.69, 9.17) is 4.74 Å². The van der Waals surface area contributed by atoms with Gasteiger partial charge in [0, 0.05) is 0 Å². The standard InChI is InChI=1S/C17H18N4O/c1-2-10-22-14-7-5-6-13(11-14)12-18-21-17-19-15-8-3-4-9-16(15)20-17/h3-9,11-12H,2,10H2,1H3,(H2,19,20,21)/b18-12-. The molecule has 3 rings (SSSR count). The fourth-order valence-electron chi connectivity index (χ4n) is 2.08. The maximum Gasteiger partial charge on any atom is 0.222 e. The van der Waals surface area contributed by atoms with Crippen LogP contribution in [0.5, 0.6) is 5.75 Å². The zero-order valence-corrected chi connectivity index (χ0v) is 12.4.